The van der Waals surface area contributed by atoms with Gasteiger partial charge < -0.3 is 10.6 Å². The zero-order valence-electron chi connectivity index (χ0n) is 15.3. The third-order valence-corrected chi connectivity index (χ3v) is 5.39. The van der Waals surface area contributed by atoms with Crippen LogP contribution in [0, 0.1) is 18.6 Å². The summed E-state index contributed by atoms with van der Waals surface area (Å²) in [6, 6.07) is 9.79. The number of benzene rings is 2. The van der Waals surface area contributed by atoms with Gasteiger partial charge in [0.1, 0.15) is 21.5 Å². The van der Waals surface area contributed by atoms with E-state index in [0.29, 0.717) is 15.6 Å². The molecule has 1 aromatic heterocycles. The molecule has 0 aliphatic carbocycles. The fourth-order valence-corrected chi connectivity index (χ4v) is 3.62. The molecular formula is C20H16ClF2N3O2S. The van der Waals surface area contributed by atoms with E-state index in [1.54, 1.807) is 19.1 Å². The fourth-order valence-electron chi connectivity index (χ4n) is 2.52. The van der Waals surface area contributed by atoms with Crippen LogP contribution in [0.1, 0.15) is 25.9 Å². The lowest BCUT2D eigenvalue weighted by molar-refractivity contribution is -0.115. The van der Waals surface area contributed by atoms with Gasteiger partial charge in [-0.25, -0.2) is 13.8 Å². The predicted octanol–water partition coefficient (Wildman–Crippen LogP) is 4.49. The largest absolute Gasteiger partial charge is 0.347 e. The van der Waals surface area contributed by atoms with Gasteiger partial charge in [-0.15, -0.1) is 11.3 Å². The van der Waals surface area contributed by atoms with Crippen LogP contribution in [0.25, 0.3) is 0 Å². The first-order chi connectivity index (χ1) is 13.8. The number of rotatable bonds is 6. The molecule has 29 heavy (non-hydrogen) atoms. The van der Waals surface area contributed by atoms with E-state index in [1.807, 2.05) is 0 Å². The summed E-state index contributed by atoms with van der Waals surface area (Å²) >= 11 is 6.73. The lowest BCUT2D eigenvalue weighted by Crippen LogP contribution is -2.22. The summed E-state index contributed by atoms with van der Waals surface area (Å²) in [5.74, 6) is -1.69. The zero-order valence-corrected chi connectivity index (χ0v) is 16.8. The second kappa shape index (κ2) is 9.11. The van der Waals surface area contributed by atoms with E-state index < -0.39 is 11.7 Å². The Labute approximate surface area is 174 Å². The molecule has 3 rings (SSSR count). The Kier molecular flexibility index (Phi) is 6.56. The van der Waals surface area contributed by atoms with Crippen molar-refractivity contribution < 1.29 is 18.4 Å². The molecule has 0 aliphatic heterocycles. The predicted molar refractivity (Wildman–Crippen MR) is 108 cm³/mol. The van der Waals surface area contributed by atoms with Crippen LogP contribution in [0.15, 0.2) is 42.5 Å². The van der Waals surface area contributed by atoms with E-state index in [0.717, 1.165) is 23.0 Å². The summed E-state index contributed by atoms with van der Waals surface area (Å²) in [4.78, 5) is 29.2. The summed E-state index contributed by atoms with van der Waals surface area (Å²) in [6.07, 6.45) is -0.0546. The molecular weight excluding hydrogens is 420 g/mol. The third-order valence-electron chi connectivity index (χ3n) is 3.93. The van der Waals surface area contributed by atoms with Gasteiger partial charge in [-0.2, -0.15) is 0 Å². The molecule has 2 aromatic carbocycles. The average Bonchev–Trinajstić information content (AvgIpc) is 3.04. The van der Waals surface area contributed by atoms with Crippen LogP contribution in [0.2, 0.25) is 5.02 Å². The minimum Gasteiger partial charge on any atom is -0.347 e. The van der Waals surface area contributed by atoms with Gasteiger partial charge >= 0.3 is 0 Å². The molecule has 150 valence electrons. The standard InChI is InChI=1S/C20H16ClF2N3O2S/c1-11-19(20(28)24-10-12-2-4-13(22)5-3-12)29-18(25-11)9-17(27)26-14-6-7-15(21)16(23)8-14/h2-8H,9-10H2,1H3,(H,24,28)(H,26,27). The van der Waals surface area contributed by atoms with Gasteiger partial charge in [0.05, 0.1) is 17.1 Å². The van der Waals surface area contributed by atoms with Crippen molar-refractivity contribution in [3.63, 3.8) is 0 Å². The maximum Gasteiger partial charge on any atom is 0.263 e. The molecule has 2 amide bonds. The Morgan fingerprint density at radius 1 is 1.14 bits per heavy atom. The second-order valence-corrected chi connectivity index (χ2v) is 7.68. The van der Waals surface area contributed by atoms with Crippen LogP contribution in [-0.4, -0.2) is 16.8 Å². The number of hydrogen-bond acceptors (Lipinski definition) is 4. The van der Waals surface area contributed by atoms with E-state index >= 15 is 0 Å². The highest BCUT2D eigenvalue weighted by atomic mass is 35.5. The number of carbonyl (C=O) groups excluding carboxylic acids is 2. The van der Waals surface area contributed by atoms with Gasteiger partial charge in [0.15, 0.2) is 0 Å². The molecule has 0 aliphatic rings. The lowest BCUT2D eigenvalue weighted by Gasteiger charge is -2.05. The molecule has 5 nitrogen and oxygen atoms in total. The van der Waals surface area contributed by atoms with Crippen LogP contribution in [-0.2, 0) is 17.8 Å². The number of anilines is 1. The van der Waals surface area contributed by atoms with Gasteiger partial charge in [0.2, 0.25) is 5.91 Å². The Hall–Kier alpha value is -2.84. The van der Waals surface area contributed by atoms with Gasteiger partial charge in [0.25, 0.3) is 5.91 Å². The summed E-state index contributed by atoms with van der Waals surface area (Å²) in [5, 5.41) is 5.74. The molecule has 9 heteroatoms. The zero-order chi connectivity index (χ0) is 21.0. The smallest absolute Gasteiger partial charge is 0.263 e. The normalized spacial score (nSPS) is 10.6. The first-order valence-corrected chi connectivity index (χ1v) is 9.75. The van der Waals surface area contributed by atoms with Crippen molar-refractivity contribution in [2.45, 2.75) is 19.9 Å². The van der Waals surface area contributed by atoms with Crippen molar-refractivity contribution in [2.75, 3.05) is 5.32 Å². The van der Waals surface area contributed by atoms with E-state index in [1.165, 1.54) is 24.3 Å². The molecule has 0 bridgehead atoms. The van der Waals surface area contributed by atoms with E-state index in [9.17, 15) is 18.4 Å². The Morgan fingerprint density at radius 2 is 1.86 bits per heavy atom. The quantitative estimate of drug-likeness (QED) is 0.599. The van der Waals surface area contributed by atoms with Crippen LogP contribution in [0.3, 0.4) is 0 Å². The number of aryl methyl sites for hydroxylation is 1. The summed E-state index contributed by atoms with van der Waals surface area (Å²) in [7, 11) is 0. The number of nitrogens with one attached hydrogen (secondary N) is 2. The van der Waals surface area contributed by atoms with Crippen LogP contribution in [0.5, 0.6) is 0 Å². The molecule has 1 heterocycles. The summed E-state index contributed by atoms with van der Waals surface area (Å²) in [6.45, 7) is 1.92. The molecule has 0 spiro atoms. The SMILES string of the molecule is Cc1nc(CC(=O)Nc2ccc(Cl)c(F)c2)sc1C(=O)NCc1ccc(F)cc1. The highest BCUT2D eigenvalue weighted by Crippen LogP contribution is 2.21. The van der Waals surface area contributed by atoms with E-state index in [-0.39, 0.29) is 35.4 Å². The Morgan fingerprint density at radius 3 is 2.55 bits per heavy atom. The molecule has 0 atom stereocenters. The Balaban J connectivity index is 1.59. The molecule has 0 saturated carbocycles. The van der Waals surface area contributed by atoms with Crippen molar-refractivity contribution in [3.8, 4) is 0 Å². The summed E-state index contributed by atoms with van der Waals surface area (Å²) < 4.78 is 26.4. The van der Waals surface area contributed by atoms with Crippen LogP contribution < -0.4 is 10.6 Å². The number of carbonyl (C=O) groups is 2. The minimum atomic E-state index is -0.630. The summed E-state index contributed by atoms with van der Waals surface area (Å²) in [5.41, 5.74) is 1.55. The number of thiazole rings is 1. The van der Waals surface area contributed by atoms with Crippen LogP contribution in [0.4, 0.5) is 14.5 Å². The van der Waals surface area contributed by atoms with E-state index in [4.69, 9.17) is 11.6 Å². The van der Waals surface area contributed by atoms with Crippen molar-refractivity contribution >= 4 is 40.4 Å². The topological polar surface area (TPSA) is 71.1 Å². The number of hydrogen-bond donors (Lipinski definition) is 2. The number of halogens is 3. The minimum absolute atomic E-state index is 0.0326. The van der Waals surface area contributed by atoms with Gasteiger partial charge in [-0.1, -0.05) is 23.7 Å². The highest BCUT2D eigenvalue weighted by Gasteiger charge is 2.17. The molecule has 3 aromatic rings. The third kappa shape index (κ3) is 5.58. The Bertz CT molecular complexity index is 1050. The molecule has 0 saturated heterocycles. The number of amides is 2. The van der Waals surface area contributed by atoms with Gasteiger partial charge in [0, 0.05) is 12.2 Å². The van der Waals surface area contributed by atoms with Crippen molar-refractivity contribution in [1.82, 2.24) is 10.3 Å². The van der Waals surface area contributed by atoms with Gasteiger partial charge in [-0.3, -0.25) is 9.59 Å². The average molecular weight is 436 g/mol. The monoisotopic (exact) mass is 435 g/mol. The first-order valence-electron chi connectivity index (χ1n) is 8.55. The van der Waals surface area contributed by atoms with Crippen molar-refractivity contribution in [3.05, 3.63) is 80.3 Å². The lowest BCUT2D eigenvalue weighted by atomic mass is 10.2. The maximum absolute atomic E-state index is 13.5. The molecule has 2 N–H and O–H groups in total. The first kappa shape index (κ1) is 20.9. The fraction of sp³-hybridized carbons (Fsp3) is 0.150. The highest BCUT2D eigenvalue weighted by molar-refractivity contribution is 7.13. The van der Waals surface area contributed by atoms with E-state index in [2.05, 4.69) is 15.6 Å². The van der Waals surface area contributed by atoms with Crippen molar-refractivity contribution in [2.24, 2.45) is 0 Å². The molecule has 0 unspecified atom stereocenters. The van der Waals surface area contributed by atoms with Crippen molar-refractivity contribution in [1.29, 1.82) is 0 Å². The molecule has 0 fully saturated rings. The van der Waals surface area contributed by atoms with Crippen LogP contribution >= 0.6 is 22.9 Å². The molecule has 0 radical (unpaired) electrons. The number of aromatic nitrogens is 1. The number of nitrogens with zero attached hydrogens (tertiary/aromatic N) is 1. The second-order valence-electron chi connectivity index (χ2n) is 6.19. The maximum atomic E-state index is 13.5. The van der Waals surface area contributed by atoms with Gasteiger partial charge in [-0.05, 0) is 42.8 Å².